The number of hydrogen-bond acceptors (Lipinski definition) is 3. The van der Waals surface area contributed by atoms with E-state index in [9.17, 15) is 9.59 Å². The Kier molecular flexibility index (Phi) is 5.50. The van der Waals surface area contributed by atoms with Gasteiger partial charge in [0.1, 0.15) is 0 Å². The number of amides is 1. The molecule has 0 heterocycles. The number of hydrogen-bond donors (Lipinski definition) is 3. The van der Waals surface area contributed by atoms with Crippen LogP contribution in [0, 0.1) is 18.3 Å². The molecule has 94 valence electrons. The highest BCUT2D eigenvalue weighted by molar-refractivity contribution is 5.78. The van der Waals surface area contributed by atoms with Crippen LogP contribution in [-0.4, -0.2) is 36.1 Å². The molecule has 17 heavy (non-hydrogen) atoms. The highest BCUT2D eigenvalue weighted by Gasteiger charge is 2.26. The van der Waals surface area contributed by atoms with Crippen molar-refractivity contribution in [3.05, 3.63) is 0 Å². The summed E-state index contributed by atoms with van der Waals surface area (Å²) in [6, 6.07) is 0.112. The van der Waals surface area contributed by atoms with Gasteiger partial charge in [0.05, 0.1) is 19.0 Å². The molecule has 0 aromatic heterocycles. The Morgan fingerprint density at radius 1 is 1.41 bits per heavy atom. The van der Waals surface area contributed by atoms with Gasteiger partial charge in [0.15, 0.2) is 0 Å². The van der Waals surface area contributed by atoms with Crippen LogP contribution in [0.2, 0.25) is 0 Å². The van der Waals surface area contributed by atoms with Gasteiger partial charge in [-0.25, -0.2) is 0 Å². The maximum absolute atomic E-state index is 11.3. The van der Waals surface area contributed by atoms with Crippen LogP contribution in [0.4, 0.5) is 0 Å². The molecule has 1 fully saturated rings. The van der Waals surface area contributed by atoms with Gasteiger partial charge in [-0.2, -0.15) is 0 Å². The zero-order chi connectivity index (χ0) is 12.7. The number of carbonyl (C=O) groups is 2. The minimum Gasteiger partial charge on any atom is -0.481 e. The van der Waals surface area contributed by atoms with E-state index in [2.05, 4.69) is 16.6 Å². The van der Waals surface area contributed by atoms with Crippen molar-refractivity contribution in [2.24, 2.45) is 5.92 Å². The smallest absolute Gasteiger partial charge is 0.306 e. The summed E-state index contributed by atoms with van der Waals surface area (Å²) in [6.07, 6.45) is 8.16. The molecule has 0 spiro atoms. The first-order valence-corrected chi connectivity index (χ1v) is 5.80. The van der Waals surface area contributed by atoms with Crippen LogP contribution in [0.25, 0.3) is 0 Å². The molecule has 1 aliphatic carbocycles. The molecular weight excluding hydrogens is 220 g/mol. The predicted octanol–water partition coefficient (Wildman–Crippen LogP) is -0.0312. The number of carbonyl (C=O) groups excluding carboxylic acids is 1. The van der Waals surface area contributed by atoms with Crippen molar-refractivity contribution in [2.45, 2.75) is 31.7 Å². The molecule has 0 aliphatic heterocycles. The van der Waals surface area contributed by atoms with Gasteiger partial charge in [-0.1, -0.05) is 12.3 Å². The molecular formula is C12H18N2O3. The van der Waals surface area contributed by atoms with E-state index in [0.29, 0.717) is 6.42 Å². The third-order valence-corrected chi connectivity index (χ3v) is 2.96. The Hall–Kier alpha value is -1.54. The Morgan fingerprint density at radius 3 is 2.82 bits per heavy atom. The monoisotopic (exact) mass is 238 g/mol. The van der Waals surface area contributed by atoms with Gasteiger partial charge < -0.3 is 15.7 Å². The zero-order valence-electron chi connectivity index (χ0n) is 9.74. The summed E-state index contributed by atoms with van der Waals surface area (Å²) in [5.41, 5.74) is 0. The first-order valence-electron chi connectivity index (χ1n) is 5.80. The Morgan fingerprint density at radius 2 is 2.18 bits per heavy atom. The third kappa shape index (κ3) is 4.87. The van der Waals surface area contributed by atoms with E-state index < -0.39 is 5.97 Å². The molecule has 1 saturated carbocycles. The van der Waals surface area contributed by atoms with Crippen molar-refractivity contribution >= 4 is 11.9 Å². The van der Waals surface area contributed by atoms with E-state index in [1.165, 1.54) is 0 Å². The quantitative estimate of drug-likeness (QED) is 0.588. The number of rotatable bonds is 5. The number of terminal acetylenes is 1. The number of carboxylic acid groups (broad SMARTS) is 1. The van der Waals surface area contributed by atoms with E-state index in [-0.39, 0.29) is 31.0 Å². The van der Waals surface area contributed by atoms with Gasteiger partial charge >= 0.3 is 5.97 Å². The van der Waals surface area contributed by atoms with Gasteiger partial charge in [0.2, 0.25) is 5.91 Å². The van der Waals surface area contributed by atoms with E-state index in [0.717, 1.165) is 19.3 Å². The normalized spacial score (nSPS) is 23.7. The molecule has 2 unspecified atom stereocenters. The van der Waals surface area contributed by atoms with Gasteiger partial charge in [0, 0.05) is 6.04 Å². The summed E-state index contributed by atoms with van der Waals surface area (Å²) < 4.78 is 0. The topological polar surface area (TPSA) is 78.4 Å². The summed E-state index contributed by atoms with van der Waals surface area (Å²) in [4.78, 5) is 22.1. The van der Waals surface area contributed by atoms with E-state index in [1.54, 1.807) is 0 Å². The van der Waals surface area contributed by atoms with Crippen molar-refractivity contribution in [3.63, 3.8) is 0 Å². The molecule has 1 amide bonds. The fourth-order valence-corrected chi connectivity index (χ4v) is 2.05. The molecule has 3 N–H and O–H groups in total. The SMILES string of the molecule is C#CCNC(=O)CNC1CCCC(C(=O)O)C1. The van der Waals surface area contributed by atoms with E-state index in [4.69, 9.17) is 11.5 Å². The first-order chi connectivity index (χ1) is 8.13. The Bertz CT molecular complexity index is 322. The standard InChI is InChI=1S/C12H18N2O3/c1-2-6-13-11(15)8-14-10-5-3-4-9(7-10)12(16)17/h1,9-10,14H,3-8H2,(H,13,15)(H,16,17). The highest BCUT2D eigenvalue weighted by Crippen LogP contribution is 2.24. The molecule has 0 bridgehead atoms. The highest BCUT2D eigenvalue weighted by atomic mass is 16.4. The molecule has 0 radical (unpaired) electrons. The second-order valence-corrected chi connectivity index (χ2v) is 4.26. The van der Waals surface area contributed by atoms with Crippen molar-refractivity contribution in [3.8, 4) is 12.3 Å². The molecule has 0 aromatic rings. The van der Waals surface area contributed by atoms with Gasteiger partial charge in [0.25, 0.3) is 0 Å². The van der Waals surface area contributed by atoms with Crippen molar-refractivity contribution in [2.75, 3.05) is 13.1 Å². The van der Waals surface area contributed by atoms with Gasteiger partial charge in [-0.3, -0.25) is 9.59 Å². The minimum atomic E-state index is -0.742. The molecule has 5 nitrogen and oxygen atoms in total. The number of aliphatic carboxylic acids is 1. The van der Waals surface area contributed by atoms with Crippen LogP contribution in [0.3, 0.4) is 0 Å². The molecule has 1 rings (SSSR count). The summed E-state index contributed by atoms with van der Waals surface area (Å²) in [7, 11) is 0. The fourth-order valence-electron chi connectivity index (χ4n) is 2.05. The van der Waals surface area contributed by atoms with Gasteiger partial charge in [-0.15, -0.1) is 6.42 Å². The van der Waals surface area contributed by atoms with Crippen LogP contribution in [0.15, 0.2) is 0 Å². The van der Waals surface area contributed by atoms with Crippen LogP contribution >= 0.6 is 0 Å². The molecule has 0 aromatic carbocycles. The maximum Gasteiger partial charge on any atom is 0.306 e. The van der Waals surface area contributed by atoms with Crippen molar-refractivity contribution in [1.29, 1.82) is 0 Å². The van der Waals surface area contributed by atoms with Crippen LogP contribution < -0.4 is 10.6 Å². The van der Waals surface area contributed by atoms with Crippen LogP contribution in [0.5, 0.6) is 0 Å². The summed E-state index contributed by atoms with van der Waals surface area (Å²) in [6.45, 7) is 0.418. The average Bonchev–Trinajstić information content (AvgIpc) is 2.34. The van der Waals surface area contributed by atoms with Gasteiger partial charge in [-0.05, 0) is 19.3 Å². The molecule has 0 saturated heterocycles. The average molecular weight is 238 g/mol. The summed E-state index contributed by atoms with van der Waals surface area (Å²) in [5.74, 6) is 1.14. The maximum atomic E-state index is 11.3. The summed E-state index contributed by atoms with van der Waals surface area (Å²) in [5, 5.41) is 14.5. The van der Waals surface area contributed by atoms with E-state index in [1.807, 2.05) is 0 Å². The third-order valence-electron chi connectivity index (χ3n) is 2.96. The largest absolute Gasteiger partial charge is 0.481 e. The Labute approximate surface area is 101 Å². The lowest BCUT2D eigenvalue weighted by Crippen LogP contribution is -2.42. The van der Waals surface area contributed by atoms with Crippen LogP contribution in [-0.2, 0) is 9.59 Å². The van der Waals surface area contributed by atoms with Crippen molar-refractivity contribution < 1.29 is 14.7 Å². The molecule has 1 aliphatic rings. The van der Waals surface area contributed by atoms with Crippen molar-refractivity contribution in [1.82, 2.24) is 10.6 Å². The lowest BCUT2D eigenvalue weighted by molar-refractivity contribution is -0.143. The summed E-state index contributed by atoms with van der Waals surface area (Å²) >= 11 is 0. The second-order valence-electron chi connectivity index (χ2n) is 4.26. The molecule has 5 heteroatoms. The first kappa shape index (κ1) is 13.5. The van der Waals surface area contributed by atoms with Crippen LogP contribution in [0.1, 0.15) is 25.7 Å². The van der Waals surface area contributed by atoms with E-state index >= 15 is 0 Å². The second kappa shape index (κ2) is 6.92. The number of nitrogens with one attached hydrogen (secondary N) is 2. The fraction of sp³-hybridized carbons (Fsp3) is 0.667. The lowest BCUT2D eigenvalue weighted by atomic mass is 9.86. The predicted molar refractivity (Wildman–Crippen MR) is 63.2 cm³/mol. The zero-order valence-corrected chi connectivity index (χ0v) is 9.74. The molecule has 2 atom stereocenters. The number of carboxylic acids is 1. The minimum absolute atomic E-state index is 0.112. The lowest BCUT2D eigenvalue weighted by Gasteiger charge is -2.27. The Balaban J connectivity index is 2.25.